The van der Waals surface area contributed by atoms with E-state index in [2.05, 4.69) is 44.8 Å². The van der Waals surface area contributed by atoms with Crippen molar-refractivity contribution >= 4 is 0 Å². The van der Waals surface area contributed by atoms with Crippen LogP contribution in [0, 0.1) is 5.92 Å². The summed E-state index contributed by atoms with van der Waals surface area (Å²) in [6.07, 6.45) is 0. The zero-order chi connectivity index (χ0) is 10.0. The van der Waals surface area contributed by atoms with Crippen LogP contribution >= 0.6 is 0 Å². The fraction of sp³-hybridized carbons (Fsp3) is 1.00. The van der Waals surface area contributed by atoms with E-state index in [9.17, 15) is 0 Å². The Hall–Kier alpha value is -0.0800. The Balaban J connectivity index is 2.52. The molecule has 0 bridgehead atoms. The van der Waals surface area contributed by atoms with Gasteiger partial charge in [-0.3, -0.25) is 4.90 Å². The van der Waals surface area contributed by atoms with Crippen molar-refractivity contribution in [2.45, 2.75) is 52.7 Å². The molecule has 0 radical (unpaired) electrons. The summed E-state index contributed by atoms with van der Waals surface area (Å²) < 4.78 is 0. The summed E-state index contributed by atoms with van der Waals surface area (Å²) >= 11 is 0. The molecule has 0 amide bonds. The van der Waals surface area contributed by atoms with Gasteiger partial charge < -0.3 is 5.32 Å². The van der Waals surface area contributed by atoms with E-state index < -0.39 is 0 Å². The summed E-state index contributed by atoms with van der Waals surface area (Å²) in [5, 5.41) is 3.66. The average Bonchev–Trinajstić information content (AvgIpc) is 2.03. The first-order valence-corrected chi connectivity index (χ1v) is 5.50. The highest BCUT2D eigenvalue weighted by molar-refractivity contribution is 4.86. The van der Waals surface area contributed by atoms with Gasteiger partial charge in [0.1, 0.15) is 0 Å². The third-order valence-corrected chi connectivity index (χ3v) is 2.97. The summed E-state index contributed by atoms with van der Waals surface area (Å²) in [7, 11) is 0. The molecule has 0 unspecified atom stereocenters. The van der Waals surface area contributed by atoms with Gasteiger partial charge in [0.15, 0.2) is 0 Å². The molecule has 0 aromatic rings. The van der Waals surface area contributed by atoms with Crippen LogP contribution in [0.15, 0.2) is 0 Å². The second kappa shape index (κ2) is 4.43. The summed E-state index contributed by atoms with van der Waals surface area (Å²) in [6, 6.07) is 2.00. The van der Waals surface area contributed by atoms with Crippen LogP contribution in [0.5, 0.6) is 0 Å². The first-order chi connectivity index (χ1) is 6.00. The van der Waals surface area contributed by atoms with Crippen LogP contribution in [0.3, 0.4) is 0 Å². The molecule has 78 valence electrons. The third kappa shape index (κ3) is 2.96. The van der Waals surface area contributed by atoms with Crippen LogP contribution in [0.1, 0.15) is 34.6 Å². The van der Waals surface area contributed by atoms with Crippen molar-refractivity contribution in [1.82, 2.24) is 10.2 Å². The average molecular weight is 184 g/mol. The van der Waals surface area contributed by atoms with Crippen LogP contribution in [0.2, 0.25) is 0 Å². The van der Waals surface area contributed by atoms with Crippen molar-refractivity contribution < 1.29 is 0 Å². The molecule has 1 N–H and O–H groups in total. The fourth-order valence-electron chi connectivity index (χ4n) is 1.97. The van der Waals surface area contributed by atoms with Crippen LogP contribution in [-0.4, -0.2) is 36.1 Å². The standard InChI is InChI=1S/C11H24N2/c1-8(2)11-7-13(9(3)4)6-10(5)12-11/h8-12H,6-7H2,1-5H3/t10-,11+/m1/s1. The number of rotatable bonds is 2. The van der Waals surface area contributed by atoms with Crippen molar-refractivity contribution in [3.63, 3.8) is 0 Å². The number of piperazine rings is 1. The molecule has 0 aromatic carbocycles. The van der Waals surface area contributed by atoms with Gasteiger partial charge >= 0.3 is 0 Å². The maximum absolute atomic E-state index is 3.66. The van der Waals surface area contributed by atoms with E-state index in [0.717, 1.165) is 5.92 Å². The Morgan fingerprint density at radius 3 is 2.23 bits per heavy atom. The molecule has 1 heterocycles. The van der Waals surface area contributed by atoms with E-state index >= 15 is 0 Å². The Morgan fingerprint density at radius 1 is 1.15 bits per heavy atom. The molecule has 2 heteroatoms. The topological polar surface area (TPSA) is 15.3 Å². The van der Waals surface area contributed by atoms with E-state index in [-0.39, 0.29) is 0 Å². The smallest absolute Gasteiger partial charge is 0.0221 e. The van der Waals surface area contributed by atoms with Crippen molar-refractivity contribution in [3.05, 3.63) is 0 Å². The lowest BCUT2D eigenvalue weighted by molar-refractivity contribution is 0.116. The van der Waals surface area contributed by atoms with Gasteiger partial charge in [0.2, 0.25) is 0 Å². The van der Waals surface area contributed by atoms with Crippen molar-refractivity contribution in [3.8, 4) is 0 Å². The van der Waals surface area contributed by atoms with Gasteiger partial charge in [0.05, 0.1) is 0 Å². The van der Waals surface area contributed by atoms with Gasteiger partial charge in [-0.1, -0.05) is 13.8 Å². The molecule has 1 aliphatic heterocycles. The zero-order valence-electron chi connectivity index (χ0n) is 9.67. The molecule has 1 rings (SSSR count). The highest BCUT2D eigenvalue weighted by Crippen LogP contribution is 2.13. The lowest BCUT2D eigenvalue weighted by atomic mass is 9.99. The zero-order valence-corrected chi connectivity index (χ0v) is 9.67. The Bertz CT molecular complexity index is 138. The summed E-state index contributed by atoms with van der Waals surface area (Å²) in [5.74, 6) is 0.740. The van der Waals surface area contributed by atoms with E-state index in [0.29, 0.717) is 18.1 Å². The Kier molecular flexibility index (Phi) is 3.74. The van der Waals surface area contributed by atoms with Gasteiger partial charge in [-0.25, -0.2) is 0 Å². The monoisotopic (exact) mass is 184 g/mol. The van der Waals surface area contributed by atoms with E-state index in [1.807, 2.05) is 0 Å². The predicted molar refractivity (Wildman–Crippen MR) is 57.9 cm³/mol. The third-order valence-electron chi connectivity index (χ3n) is 2.97. The fourth-order valence-corrected chi connectivity index (χ4v) is 1.97. The molecule has 13 heavy (non-hydrogen) atoms. The molecule has 1 aliphatic rings. The van der Waals surface area contributed by atoms with Gasteiger partial charge in [0.25, 0.3) is 0 Å². The molecule has 0 aromatic heterocycles. The normalized spacial score (nSPS) is 31.6. The molecule has 0 saturated carbocycles. The molecule has 0 aliphatic carbocycles. The minimum Gasteiger partial charge on any atom is -0.309 e. The lowest BCUT2D eigenvalue weighted by Gasteiger charge is -2.41. The highest BCUT2D eigenvalue weighted by Gasteiger charge is 2.26. The van der Waals surface area contributed by atoms with E-state index in [1.54, 1.807) is 0 Å². The summed E-state index contributed by atoms with van der Waals surface area (Å²) in [5.41, 5.74) is 0. The van der Waals surface area contributed by atoms with Crippen molar-refractivity contribution in [2.24, 2.45) is 5.92 Å². The SMILES string of the molecule is CC(C)[C@@H]1CN(C(C)C)C[C@@H](C)N1. The maximum Gasteiger partial charge on any atom is 0.0221 e. The molecular formula is C11H24N2. The maximum atomic E-state index is 3.66. The number of hydrogen-bond donors (Lipinski definition) is 1. The van der Waals surface area contributed by atoms with E-state index in [4.69, 9.17) is 0 Å². The van der Waals surface area contributed by atoms with Crippen LogP contribution in [0.4, 0.5) is 0 Å². The first-order valence-electron chi connectivity index (χ1n) is 5.50. The molecule has 2 atom stereocenters. The predicted octanol–water partition coefficient (Wildman–Crippen LogP) is 1.71. The van der Waals surface area contributed by atoms with Crippen molar-refractivity contribution in [2.75, 3.05) is 13.1 Å². The molecular weight excluding hydrogens is 160 g/mol. The van der Waals surface area contributed by atoms with Gasteiger partial charge in [0, 0.05) is 31.2 Å². The van der Waals surface area contributed by atoms with Gasteiger partial charge in [-0.05, 0) is 26.7 Å². The van der Waals surface area contributed by atoms with Crippen LogP contribution < -0.4 is 5.32 Å². The highest BCUT2D eigenvalue weighted by atomic mass is 15.2. The number of nitrogens with zero attached hydrogens (tertiary/aromatic N) is 1. The van der Waals surface area contributed by atoms with Crippen molar-refractivity contribution in [1.29, 1.82) is 0 Å². The Morgan fingerprint density at radius 2 is 1.77 bits per heavy atom. The summed E-state index contributed by atoms with van der Waals surface area (Å²) in [4.78, 5) is 2.58. The molecule has 2 nitrogen and oxygen atoms in total. The Labute approximate surface area is 82.7 Å². The second-order valence-electron chi connectivity index (χ2n) is 4.97. The minimum absolute atomic E-state index is 0.642. The largest absolute Gasteiger partial charge is 0.309 e. The lowest BCUT2D eigenvalue weighted by Crippen LogP contribution is -2.58. The van der Waals surface area contributed by atoms with Crippen LogP contribution in [0.25, 0.3) is 0 Å². The summed E-state index contributed by atoms with van der Waals surface area (Å²) in [6.45, 7) is 13.9. The van der Waals surface area contributed by atoms with E-state index in [1.165, 1.54) is 13.1 Å². The van der Waals surface area contributed by atoms with Gasteiger partial charge in [-0.2, -0.15) is 0 Å². The minimum atomic E-state index is 0.642. The molecule has 0 spiro atoms. The van der Waals surface area contributed by atoms with Crippen LogP contribution in [-0.2, 0) is 0 Å². The number of hydrogen-bond acceptors (Lipinski definition) is 2. The van der Waals surface area contributed by atoms with Gasteiger partial charge in [-0.15, -0.1) is 0 Å². The first kappa shape index (κ1) is 11.0. The quantitative estimate of drug-likeness (QED) is 0.703. The number of nitrogens with one attached hydrogen (secondary N) is 1. The molecule has 1 fully saturated rings. The second-order valence-corrected chi connectivity index (χ2v) is 4.97. The molecule has 1 saturated heterocycles.